The van der Waals surface area contributed by atoms with E-state index >= 15 is 0 Å². The highest BCUT2D eigenvalue weighted by Gasteiger charge is 2.42. The first-order chi connectivity index (χ1) is 18.2. The van der Waals surface area contributed by atoms with Crippen molar-refractivity contribution in [2.45, 2.75) is 32.9 Å². The van der Waals surface area contributed by atoms with E-state index in [-0.39, 0.29) is 17.8 Å². The maximum absolute atomic E-state index is 11.4. The van der Waals surface area contributed by atoms with Crippen LogP contribution in [-0.2, 0) is 0 Å². The molecule has 0 saturated carbocycles. The van der Waals surface area contributed by atoms with Crippen molar-refractivity contribution < 1.29 is 9.66 Å². The van der Waals surface area contributed by atoms with E-state index in [9.17, 15) is 10.1 Å². The third-order valence-corrected chi connectivity index (χ3v) is 8.13. The smallest absolute Gasteiger partial charge is 0.273 e. The number of benzene rings is 2. The monoisotopic (exact) mass is 591 g/mol. The van der Waals surface area contributed by atoms with E-state index in [1.165, 1.54) is 19.2 Å². The summed E-state index contributed by atoms with van der Waals surface area (Å²) in [5, 5.41) is 15.5. The summed E-state index contributed by atoms with van der Waals surface area (Å²) in [5.41, 5.74) is 6.68. The highest BCUT2D eigenvalue weighted by atomic mass is 79.9. The molecule has 8 nitrogen and oxygen atoms in total. The van der Waals surface area contributed by atoms with Crippen LogP contribution >= 0.6 is 28.1 Å². The van der Waals surface area contributed by atoms with Gasteiger partial charge in [0.15, 0.2) is 5.11 Å². The Morgan fingerprint density at radius 3 is 2.55 bits per heavy atom. The highest BCUT2D eigenvalue weighted by Crippen LogP contribution is 2.45. The lowest BCUT2D eigenvalue weighted by Gasteiger charge is -2.28. The fourth-order valence-electron chi connectivity index (χ4n) is 5.15. The quantitative estimate of drug-likeness (QED) is 0.152. The molecule has 5 rings (SSSR count). The molecule has 0 bridgehead atoms. The van der Waals surface area contributed by atoms with Gasteiger partial charge in [0.1, 0.15) is 5.75 Å². The fraction of sp³-hybridized carbons (Fsp3) is 0.214. The van der Waals surface area contributed by atoms with Crippen LogP contribution in [0.1, 0.15) is 40.3 Å². The van der Waals surface area contributed by atoms with E-state index < -0.39 is 4.92 Å². The molecule has 0 radical (unpaired) electrons. The molecule has 0 unspecified atom stereocenters. The largest absolute Gasteiger partial charge is 0.494 e. The molecule has 3 heterocycles. The number of nitrogens with one attached hydrogen (secondary N) is 1. The summed E-state index contributed by atoms with van der Waals surface area (Å²) in [6.07, 6.45) is 1.79. The van der Waals surface area contributed by atoms with E-state index in [4.69, 9.17) is 17.0 Å². The maximum Gasteiger partial charge on any atom is 0.273 e. The second-order valence-electron chi connectivity index (χ2n) is 9.21. The van der Waals surface area contributed by atoms with Crippen molar-refractivity contribution in [3.05, 3.63) is 110 Å². The topological polar surface area (TPSA) is 85.5 Å². The number of hydrogen-bond donors (Lipinski definition) is 1. The summed E-state index contributed by atoms with van der Waals surface area (Å²) >= 11 is 9.50. The van der Waals surface area contributed by atoms with Gasteiger partial charge in [-0.1, -0.05) is 22.0 Å². The van der Waals surface area contributed by atoms with Gasteiger partial charge in [-0.05, 0) is 86.6 Å². The Labute approximate surface area is 234 Å². The second kappa shape index (κ2) is 10.2. The first-order valence-electron chi connectivity index (χ1n) is 12.0. The number of methoxy groups -OCH3 is 1. The molecule has 4 aromatic rings. The number of nitrogens with zero attached hydrogens (tertiary/aromatic N) is 4. The SMILES string of the molecule is COc1cc([N+](=O)[O-])ccc1-n1c(C)cc([C@@H]2[C@@H](c3ccccn3)NC(=S)N2c2ccc(Br)c(C)c2)c1C. The average Bonchev–Trinajstić information content (AvgIpc) is 3.40. The Morgan fingerprint density at radius 2 is 1.89 bits per heavy atom. The van der Waals surface area contributed by atoms with E-state index in [2.05, 4.69) is 60.8 Å². The summed E-state index contributed by atoms with van der Waals surface area (Å²) in [4.78, 5) is 17.7. The lowest BCUT2D eigenvalue weighted by molar-refractivity contribution is -0.384. The van der Waals surface area contributed by atoms with Gasteiger partial charge in [-0.2, -0.15) is 0 Å². The van der Waals surface area contributed by atoms with Crippen LogP contribution in [0.3, 0.4) is 0 Å². The normalized spacial score (nSPS) is 17.0. The van der Waals surface area contributed by atoms with Gasteiger partial charge in [0, 0.05) is 33.8 Å². The lowest BCUT2D eigenvalue weighted by atomic mass is 9.96. The number of pyridine rings is 1. The van der Waals surface area contributed by atoms with Gasteiger partial charge in [-0.3, -0.25) is 15.1 Å². The van der Waals surface area contributed by atoms with Crippen LogP contribution in [0.5, 0.6) is 5.75 Å². The average molecular weight is 593 g/mol. The third-order valence-electron chi connectivity index (χ3n) is 6.92. The van der Waals surface area contributed by atoms with Crippen molar-refractivity contribution in [2.24, 2.45) is 0 Å². The fourth-order valence-corrected chi connectivity index (χ4v) is 5.74. The molecule has 2 aromatic carbocycles. The molecular formula is C28H26BrN5O3S. The van der Waals surface area contributed by atoms with Crippen molar-refractivity contribution in [2.75, 3.05) is 12.0 Å². The molecule has 1 saturated heterocycles. The van der Waals surface area contributed by atoms with Crippen LogP contribution < -0.4 is 15.0 Å². The molecule has 1 N–H and O–H groups in total. The number of ether oxygens (including phenoxy) is 1. The predicted octanol–water partition coefficient (Wildman–Crippen LogP) is 6.65. The van der Waals surface area contributed by atoms with Gasteiger partial charge in [-0.15, -0.1) is 0 Å². The number of non-ortho nitro benzene ring substituents is 1. The third kappa shape index (κ3) is 4.43. The summed E-state index contributed by atoms with van der Waals surface area (Å²) in [6.45, 7) is 6.12. The van der Waals surface area contributed by atoms with E-state index in [0.29, 0.717) is 10.9 Å². The van der Waals surface area contributed by atoms with E-state index in [0.717, 1.165) is 44.1 Å². The number of aromatic nitrogens is 2. The van der Waals surface area contributed by atoms with E-state index in [1.807, 2.05) is 38.1 Å². The van der Waals surface area contributed by atoms with Crippen molar-refractivity contribution in [3.8, 4) is 11.4 Å². The number of hydrogen-bond acceptors (Lipinski definition) is 5. The number of aryl methyl sites for hydroxylation is 2. The Balaban J connectivity index is 1.69. The van der Waals surface area contributed by atoms with Crippen LogP contribution in [0.15, 0.2) is 71.3 Å². The molecule has 1 fully saturated rings. The van der Waals surface area contributed by atoms with Crippen LogP contribution in [-0.4, -0.2) is 26.7 Å². The number of nitro benzene ring substituents is 1. The first kappa shape index (κ1) is 25.9. The highest BCUT2D eigenvalue weighted by molar-refractivity contribution is 9.10. The molecule has 0 spiro atoms. The van der Waals surface area contributed by atoms with Gasteiger partial charge in [0.05, 0.1) is 41.6 Å². The predicted molar refractivity (Wildman–Crippen MR) is 155 cm³/mol. The van der Waals surface area contributed by atoms with Gasteiger partial charge < -0.3 is 19.5 Å². The minimum Gasteiger partial charge on any atom is -0.494 e. The molecular weight excluding hydrogens is 566 g/mol. The standard InChI is InChI=1S/C28H26BrN5O3S/c1-16-13-19(8-10-22(16)29)33-27(26(31-28(33)38)23-7-5-6-12-30-23)21-14-17(2)32(18(21)3)24-11-9-20(34(35)36)15-25(24)37-4/h5-15,26-27H,1-4H3,(H,31,38)/t26-,27-/m1/s1. The second-order valence-corrected chi connectivity index (χ2v) is 10.4. The number of nitro groups is 1. The molecule has 2 aromatic heterocycles. The maximum atomic E-state index is 11.4. The summed E-state index contributed by atoms with van der Waals surface area (Å²) in [7, 11) is 1.52. The van der Waals surface area contributed by atoms with Crippen molar-refractivity contribution in [1.82, 2.24) is 14.9 Å². The minimum atomic E-state index is -0.423. The van der Waals surface area contributed by atoms with Crippen molar-refractivity contribution in [3.63, 3.8) is 0 Å². The number of anilines is 1. The molecule has 10 heteroatoms. The summed E-state index contributed by atoms with van der Waals surface area (Å²) < 4.78 is 8.67. The van der Waals surface area contributed by atoms with Crippen LogP contribution in [0.4, 0.5) is 11.4 Å². The Hall–Kier alpha value is -3.76. The van der Waals surface area contributed by atoms with Crippen molar-refractivity contribution >= 4 is 44.6 Å². The molecule has 194 valence electrons. The van der Waals surface area contributed by atoms with Gasteiger partial charge in [0.25, 0.3) is 5.69 Å². The molecule has 0 aliphatic carbocycles. The van der Waals surface area contributed by atoms with Crippen LogP contribution in [0.2, 0.25) is 0 Å². The zero-order valence-electron chi connectivity index (χ0n) is 21.3. The van der Waals surface area contributed by atoms with Gasteiger partial charge >= 0.3 is 0 Å². The van der Waals surface area contributed by atoms with E-state index in [1.54, 1.807) is 12.3 Å². The molecule has 1 aliphatic rings. The van der Waals surface area contributed by atoms with Crippen molar-refractivity contribution in [1.29, 1.82) is 0 Å². The minimum absolute atomic E-state index is 0.0226. The Bertz CT molecular complexity index is 1560. The molecule has 38 heavy (non-hydrogen) atoms. The number of halogens is 1. The molecule has 2 atom stereocenters. The Kier molecular flexibility index (Phi) is 6.93. The first-order valence-corrected chi connectivity index (χ1v) is 13.2. The molecule has 1 aliphatic heterocycles. The Morgan fingerprint density at radius 1 is 1.11 bits per heavy atom. The van der Waals surface area contributed by atoms with Crippen LogP contribution in [0, 0.1) is 30.9 Å². The van der Waals surface area contributed by atoms with Gasteiger partial charge in [-0.25, -0.2) is 0 Å². The summed E-state index contributed by atoms with van der Waals surface area (Å²) in [5.74, 6) is 0.425. The van der Waals surface area contributed by atoms with Crippen LogP contribution in [0.25, 0.3) is 5.69 Å². The lowest BCUT2D eigenvalue weighted by Crippen LogP contribution is -2.29. The molecule has 0 amide bonds. The number of rotatable bonds is 6. The zero-order chi connectivity index (χ0) is 27.1. The zero-order valence-corrected chi connectivity index (χ0v) is 23.7. The van der Waals surface area contributed by atoms with Gasteiger partial charge in [0.2, 0.25) is 0 Å². The number of thiocarbonyl (C=S) groups is 1. The summed E-state index contributed by atoms with van der Waals surface area (Å²) in [6, 6.07) is 18.5.